The molecule has 3 aromatic heterocycles. The molecule has 0 saturated heterocycles. The van der Waals surface area contributed by atoms with Gasteiger partial charge in [0.25, 0.3) is 5.91 Å². The van der Waals surface area contributed by atoms with Gasteiger partial charge in [0.2, 0.25) is 5.88 Å². The van der Waals surface area contributed by atoms with E-state index < -0.39 is 15.7 Å². The highest BCUT2D eigenvalue weighted by Gasteiger charge is 2.36. The second-order valence-electron chi connectivity index (χ2n) is 8.55. The molecule has 1 fully saturated rings. The van der Waals surface area contributed by atoms with Crippen molar-refractivity contribution < 1.29 is 22.8 Å². The molecule has 3 heterocycles. The molecule has 5 rings (SSSR count). The molecular weight excluding hydrogens is 542 g/mol. The van der Waals surface area contributed by atoms with Gasteiger partial charge in [-0.05, 0) is 44.2 Å². The molecule has 1 amide bonds. The Morgan fingerprint density at radius 1 is 1.10 bits per heavy atom. The highest BCUT2D eigenvalue weighted by molar-refractivity contribution is 7.92. The molecule has 0 aliphatic heterocycles. The third-order valence-corrected chi connectivity index (χ3v) is 8.81. The van der Waals surface area contributed by atoms with Crippen LogP contribution in [0.2, 0.25) is 0 Å². The van der Waals surface area contributed by atoms with Crippen molar-refractivity contribution in [3.63, 3.8) is 0 Å². The summed E-state index contributed by atoms with van der Waals surface area (Å²) in [7, 11) is -1.54. The van der Waals surface area contributed by atoms with Crippen molar-refractivity contribution >= 4 is 48.3 Å². The minimum absolute atomic E-state index is 0.0624. The first-order chi connectivity index (χ1) is 18.9. The number of hydrogen-bond donors (Lipinski definition) is 2. The zero-order valence-corrected chi connectivity index (χ0v) is 22.5. The third kappa shape index (κ3) is 6.53. The Morgan fingerprint density at radius 3 is 2.59 bits per heavy atom. The monoisotopic (exact) mass is 567 g/mol. The Hall–Kier alpha value is -4.01. The summed E-state index contributed by atoms with van der Waals surface area (Å²) < 4.78 is 30.8. The van der Waals surface area contributed by atoms with Crippen LogP contribution in [0.4, 0.5) is 5.13 Å². The number of ether oxygens (including phenoxy) is 1. The molecule has 2 N–H and O–H groups in total. The molecule has 202 valence electrons. The molecule has 1 saturated carbocycles. The van der Waals surface area contributed by atoms with Gasteiger partial charge in [-0.1, -0.05) is 28.6 Å². The van der Waals surface area contributed by atoms with Crippen LogP contribution in [0.15, 0.2) is 64.9 Å². The molecule has 0 spiro atoms. The molecular formula is C25H25N7O5S2. The number of thiazole rings is 1. The van der Waals surface area contributed by atoms with E-state index in [0.717, 1.165) is 0 Å². The summed E-state index contributed by atoms with van der Waals surface area (Å²) in [6.07, 6.45) is 4.46. The normalized spacial score (nSPS) is 13.8. The first-order valence-electron chi connectivity index (χ1n) is 12.1. The molecule has 12 nitrogen and oxygen atoms in total. The molecule has 0 atom stereocenters. The fraction of sp³-hybridized carbons (Fsp3) is 0.280. The number of likely N-dealkylation sites (N-methyl/N-ethyl adjacent to an activating group) is 1. The van der Waals surface area contributed by atoms with E-state index in [0.29, 0.717) is 58.7 Å². The largest absolute Gasteiger partial charge is 0.476 e. The molecule has 0 radical (unpaired) electrons. The lowest BCUT2D eigenvalue weighted by Crippen LogP contribution is -2.24. The average Bonchev–Trinajstić information content (AvgIpc) is 3.73. The van der Waals surface area contributed by atoms with Crippen LogP contribution in [0.5, 0.6) is 5.88 Å². The van der Waals surface area contributed by atoms with Crippen LogP contribution in [-0.4, -0.2) is 65.4 Å². The summed E-state index contributed by atoms with van der Waals surface area (Å²) >= 11 is 1.18. The van der Waals surface area contributed by atoms with Gasteiger partial charge in [0.1, 0.15) is 17.0 Å². The van der Waals surface area contributed by atoms with E-state index in [1.165, 1.54) is 35.6 Å². The van der Waals surface area contributed by atoms with Gasteiger partial charge in [0.15, 0.2) is 33.1 Å². The van der Waals surface area contributed by atoms with Gasteiger partial charge in [-0.2, -0.15) is 0 Å². The van der Waals surface area contributed by atoms with Crippen molar-refractivity contribution in [1.29, 1.82) is 0 Å². The van der Waals surface area contributed by atoms with Crippen molar-refractivity contribution in [3.8, 4) is 5.88 Å². The van der Waals surface area contributed by atoms with Crippen molar-refractivity contribution in [2.75, 3.05) is 25.5 Å². The van der Waals surface area contributed by atoms with E-state index in [1.807, 2.05) is 7.05 Å². The molecule has 1 aliphatic carbocycles. The highest BCUT2D eigenvalue weighted by atomic mass is 32.2. The Morgan fingerprint density at radius 2 is 1.87 bits per heavy atom. The predicted molar refractivity (Wildman–Crippen MR) is 145 cm³/mol. The molecule has 0 bridgehead atoms. The molecule has 4 aromatic rings. The van der Waals surface area contributed by atoms with Crippen molar-refractivity contribution in [2.45, 2.75) is 29.6 Å². The van der Waals surface area contributed by atoms with Crippen LogP contribution >= 0.6 is 11.3 Å². The fourth-order valence-electron chi connectivity index (χ4n) is 3.51. The zero-order chi connectivity index (χ0) is 27.2. The van der Waals surface area contributed by atoms with Gasteiger partial charge < -0.3 is 14.9 Å². The van der Waals surface area contributed by atoms with Crippen molar-refractivity contribution in [3.05, 3.63) is 66.2 Å². The maximum absolute atomic E-state index is 13.3. The lowest BCUT2D eigenvalue weighted by atomic mass is 10.1. The van der Waals surface area contributed by atoms with E-state index >= 15 is 0 Å². The number of carbonyl (C=O) groups is 1. The number of oxime groups is 1. The number of nitrogens with one attached hydrogen (secondary N) is 2. The maximum Gasteiger partial charge on any atom is 0.280 e. The van der Waals surface area contributed by atoms with Crippen LogP contribution in [0.3, 0.4) is 0 Å². The fourth-order valence-corrected chi connectivity index (χ4v) is 5.99. The summed E-state index contributed by atoms with van der Waals surface area (Å²) in [5, 5.41) is 9.75. The van der Waals surface area contributed by atoms with Crippen LogP contribution in [0.25, 0.3) is 10.3 Å². The lowest BCUT2D eigenvalue weighted by molar-refractivity contribution is -0.110. The Labute approximate surface area is 228 Å². The minimum atomic E-state index is -3.37. The molecule has 39 heavy (non-hydrogen) atoms. The van der Waals surface area contributed by atoms with Crippen molar-refractivity contribution in [1.82, 2.24) is 25.3 Å². The number of pyridine rings is 1. The van der Waals surface area contributed by atoms with Gasteiger partial charge >= 0.3 is 0 Å². The van der Waals surface area contributed by atoms with Gasteiger partial charge in [0, 0.05) is 30.6 Å². The average molecular weight is 568 g/mol. The summed E-state index contributed by atoms with van der Waals surface area (Å²) in [6, 6.07) is 11.2. The van der Waals surface area contributed by atoms with Gasteiger partial charge in [0.05, 0.1) is 10.1 Å². The SMILES string of the molecule is CNCCOc1ccc2nc(NC(=O)/C(=N/OCc3ncccn3)c3ccc(S(=O)(=O)C4CC4)cc3)sc2n1. The summed E-state index contributed by atoms with van der Waals surface area (Å²) in [6.45, 7) is 1.08. The summed E-state index contributed by atoms with van der Waals surface area (Å²) in [5.74, 6) is 0.252. The summed E-state index contributed by atoms with van der Waals surface area (Å²) in [5.41, 5.74) is 0.905. The second-order valence-corrected chi connectivity index (χ2v) is 11.8. The highest BCUT2D eigenvalue weighted by Crippen LogP contribution is 2.33. The number of carbonyl (C=O) groups excluding carboxylic acids is 1. The van der Waals surface area contributed by atoms with Gasteiger partial charge in [-0.3, -0.25) is 10.1 Å². The predicted octanol–water partition coefficient (Wildman–Crippen LogP) is 2.58. The quantitative estimate of drug-likeness (QED) is 0.148. The van der Waals surface area contributed by atoms with E-state index in [1.54, 1.807) is 30.6 Å². The number of benzene rings is 1. The Balaban J connectivity index is 1.36. The maximum atomic E-state index is 13.3. The number of fused-ring (bicyclic) bond motifs is 1. The second kappa shape index (κ2) is 11.8. The van der Waals surface area contributed by atoms with Crippen LogP contribution < -0.4 is 15.4 Å². The Kier molecular flexibility index (Phi) is 8.05. The minimum Gasteiger partial charge on any atom is -0.476 e. The lowest BCUT2D eigenvalue weighted by Gasteiger charge is -2.08. The first kappa shape index (κ1) is 26.6. The van der Waals surface area contributed by atoms with Crippen LogP contribution in [-0.2, 0) is 26.1 Å². The number of anilines is 1. The van der Waals surface area contributed by atoms with Crippen LogP contribution in [0.1, 0.15) is 24.2 Å². The van der Waals surface area contributed by atoms with E-state index in [-0.39, 0.29) is 22.5 Å². The number of nitrogens with zero attached hydrogens (tertiary/aromatic N) is 5. The molecule has 0 unspecified atom stereocenters. The Bertz CT molecular complexity index is 1590. The molecule has 14 heteroatoms. The van der Waals surface area contributed by atoms with Gasteiger partial charge in [-0.15, -0.1) is 0 Å². The zero-order valence-electron chi connectivity index (χ0n) is 20.9. The third-order valence-electron chi connectivity index (χ3n) is 5.66. The standard InChI is InChI=1S/C25H25N7O5S2/c1-26-13-14-36-21-10-9-19-24(30-21)38-25(29-19)31-23(33)22(32-37-15-20-27-11-2-12-28-20)16-3-5-17(6-4-16)39(34,35)18-7-8-18/h2-6,9-12,18,26H,7-8,13-15H2,1H3,(H,29,31,33)/b32-22+. The van der Waals surface area contributed by atoms with E-state index in [9.17, 15) is 13.2 Å². The number of sulfone groups is 1. The smallest absolute Gasteiger partial charge is 0.280 e. The molecule has 1 aromatic carbocycles. The number of rotatable bonds is 12. The number of hydrogen-bond acceptors (Lipinski definition) is 12. The van der Waals surface area contributed by atoms with E-state index in [2.05, 4.69) is 35.7 Å². The van der Waals surface area contributed by atoms with Crippen molar-refractivity contribution in [2.24, 2.45) is 5.16 Å². The molecule has 1 aliphatic rings. The first-order valence-corrected chi connectivity index (χ1v) is 14.5. The number of aromatic nitrogens is 4. The summed E-state index contributed by atoms with van der Waals surface area (Å²) in [4.78, 5) is 36.5. The topological polar surface area (TPSA) is 158 Å². The van der Waals surface area contributed by atoms with Crippen LogP contribution in [0, 0.1) is 0 Å². The number of amides is 1. The van der Waals surface area contributed by atoms with Gasteiger partial charge in [-0.25, -0.2) is 28.4 Å². The van der Waals surface area contributed by atoms with E-state index in [4.69, 9.17) is 9.57 Å².